The van der Waals surface area contributed by atoms with Crippen LogP contribution in [-0.4, -0.2) is 22.9 Å². The molecule has 0 aliphatic carbocycles. The molecule has 3 nitrogen and oxygen atoms in total. The fourth-order valence-corrected chi connectivity index (χ4v) is 2.03. The zero-order chi connectivity index (χ0) is 10.6. The fourth-order valence-electron chi connectivity index (χ4n) is 2.03. The Labute approximate surface area is 81.8 Å². The van der Waals surface area contributed by atoms with Crippen molar-refractivity contribution in [2.45, 2.75) is 46.6 Å². The minimum Gasteiger partial charge on any atom is -0.370 e. The Morgan fingerprint density at radius 1 is 1.46 bits per heavy atom. The number of nitrogens with zero attached hydrogens (tertiary/aromatic N) is 1. The third-order valence-electron chi connectivity index (χ3n) is 2.25. The molecular weight excluding hydrogens is 162 g/mol. The molecule has 3 heteroatoms. The summed E-state index contributed by atoms with van der Waals surface area (Å²) in [5.41, 5.74) is 5.51. The molecule has 0 aliphatic rings. The molecule has 78 valence electrons. The summed E-state index contributed by atoms with van der Waals surface area (Å²) >= 11 is 0. The van der Waals surface area contributed by atoms with Crippen molar-refractivity contribution >= 4 is 5.96 Å². The summed E-state index contributed by atoms with van der Waals surface area (Å²) in [7, 11) is 0. The maximum Gasteiger partial charge on any atom is 0.188 e. The SMILES string of the molecule is CCN(C(=N)N)C(C)(C)CC(C)C. The minimum atomic E-state index is -0.00521. The second-order valence-electron chi connectivity index (χ2n) is 4.54. The molecule has 0 spiro atoms. The Morgan fingerprint density at radius 3 is 2.15 bits per heavy atom. The highest BCUT2D eigenvalue weighted by Gasteiger charge is 2.27. The van der Waals surface area contributed by atoms with E-state index in [-0.39, 0.29) is 11.5 Å². The molecule has 3 N–H and O–H groups in total. The third kappa shape index (κ3) is 3.66. The summed E-state index contributed by atoms with van der Waals surface area (Å²) in [6.07, 6.45) is 1.06. The Balaban J connectivity index is 4.47. The van der Waals surface area contributed by atoms with Crippen molar-refractivity contribution in [1.29, 1.82) is 5.41 Å². The van der Waals surface area contributed by atoms with Gasteiger partial charge in [0.1, 0.15) is 0 Å². The molecule has 0 aromatic carbocycles. The normalized spacial score (nSPS) is 11.8. The monoisotopic (exact) mass is 185 g/mol. The smallest absolute Gasteiger partial charge is 0.188 e. The van der Waals surface area contributed by atoms with E-state index in [2.05, 4.69) is 27.7 Å². The van der Waals surface area contributed by atoms with Crippen LogP contribution in [0.25, 0.3) is 0 Å². The van der Waals surface area contributed by atoms with E-state index in [1.54, 1.807) is 0 Å². The molecule has 0 fully saturated rings. The van der Waals surface area contributed by atoms with Gasteiger partial charge in [-0.15, -0.1) is 0 Å². The van der Waals surface area contributed by atoms with Gasteiger partial charge in [-0.1, -0.05) is 13.8 Å². The summed E-state index contributed by atoms with van der Waals surface area (Å²) in [4.78, 5) is 1.94. The molecule has 13 heavy (non-hydrogen) atoms. The van der Waals surface area contributed by atoms with E-state index in [1.807, 2.05) is 11.8 Å². The first-order chi connectivity index (χ1) is 5.81. The van der Waals surface area contributed by atoms with Gasteiger partial charge in [0.25, 0.3) is 0 Å². The van der Waals surface area contributed by atoms with Crippen LogP contribution in [0.3, 0.4) is 0 Å². The molecule has 0 amide bonds. The number of nitrogens with two attached hydrogens (primary N) is 1. The number of hydrogen-bond donors (Lipinski definition) is 2. The maximum atomic E-state index is 7.46. The molecule has 0 aliphatic heterocycles. The van der Waals surface area contributed by atoms with Crippen molar-refractivity contribution < 1.29 is 0 Å². The number of nitrogens with one attached hydrogen (secondary N) is 1. The van der Waals surface area contributed by atoms with E-state index >= 15 is 0 Å². The van der Waals surface area contributed by atoms with Gasteiger partial charge in [0.15, 0.2) is 5.96 Å². The van der Waals surface area contributed by atoms with Gasteiger partial charge in [0.2, 0.25) is 0 Å². The Kier molecular flexibility index (Phi) is 4.24. The van der Waals surface area contributed by atoms with E-state index in [4.69, 9.17) is 11.1 Å². The lowest BCUT2D eigenvalue weighted by Crippen LogP contribution is -2.51. The Bertz CT molecular complexity index is 173. The Hall–Kier alpha value is -0.730. The van der Waals surface area contributed by atoms with Crippen LogP contribution >= 0.6 is 0 Å². The molecule has 0 saturated carbocycles. The molecule has 0 radical (unpaired) electrons. The highest BCUT2D eigenvalue weighted by atomic mass is 15.3. The van der Waals surface area contributed by atoms with E-state index in [1.165, 1.54) is 0 Å². The van der Waals surface area contributed by atoms with Crippen molar-refractivity contribution in [2.24, 2.45) is 11.7 Å². The molecule has 0 aromatic rings. The fraction of sp³-hybridized carbons (Fsp3) is 0.900. The number of guanidine groups is 1. The van der Waals surface area contributed by atoms with Crippen LogP contribution in [0.2, 0.25) is 0 Å². The summed E-state index contributed by atoms with van der Waals surface area (Å²) in [6.45, 7) is 11.5. The number of hydrogen-bond acceptors (Lipinski definition) is 1. The van der Waals surface area contributed by atoms with Crippen LogP contribution in [0.5, 0.6) is 0 Å². The predicted molar refractivity (Wildman–Crippen MR) is 57.8 cm³/mol. The van der Waals surface area contributed by atoms with E-state index < -0.39 is 0 Å². The van der Waals surface area contributed by atoms with Gasteiger partial charge in [0, 0.05) is 12.1 Å². The molecule has 0 rings (SSSR count). The maximum absolute atomic E-state index is 7.46. The van der Waals surface area contributed by atoms with Crippen LogP contribution in [0, 0.1) is 11.3 Å². The van der Waals surface area contributed by atoms with Crippen molar-refractivity contribution in [3.8, 4) is 0 Å². The quantitative estimate of drug-likeness (QED) is 0.520. The Morgan fingerprint density at radius 2 is 1.92 bits per heavy atom. The summed E-state index contributed by atoms with van der Waals surface area (Å²) < 4.78 is 0. The largest absolute Gasteiger partial charge is 0.370 e. The first-order valence-corrected chi connectivity index (χ1v) is 4.93. The topological polar surface area (TPSA) is 53.1 Å². The molecule has 0 unspecified atom stereocenters. The summed E-state index contributed by atoms with van der Waals surface area (Å²) in [6, 6.07) is 0. The summed E-state index contributed by atoms with van der Waals surface area (Å²) in [5, 5.41) is 7.46. The molecule has 0 heterocycles. The average molecular weight is 185 g/mol. The highest BCUT2D eigenvalue weighted by molar-refractivity contribution is 5.75. The second kappa shape index (κ2) is 4.49. The first-order valence-electron chi connectivity index (χ1n) is 4.93. The average Bonchev–Trinajstić information content (AvgIpc) is 1.82. The first kappa shape index (κ1) is 12.3. The van der Waals surface area contributed by atoms with Crippen LogP contribution in [0.15, 0.2) is 0 Å². The van der Waals surface area contributed by atoms with Crippen LogP contribution in [-0.2, 0) is 0 Å². The van der Waals surface area contributed by atoms with Gasteiger partial charge < -0.3 is 10.6 Å². The van der Waals surface area contributed by atoms with Gasteiger partial charge in [-0.25, -0.2) is 0 Å². The molecular formula is C10H23N3. The predicted octanol–water partition coefficient (Wildman–Crippen LogP) is 2.03. The van der Waals surface area contributed by atoms with Gasteiger partial charge in [0.05, 0.1) is 0 Å². The molecule has 0 bridgehead atoms. The zero-order valence-electron chi connectivity index (χ0n) is 9.52. The van der Waals surface area contributed by atoms with Gasteiger partial charge >= 0.3 is 0 Å². The van der Waals surface area contributed by atoms with Crippen molar-refractivity contribution in [3.05, 3.63) is 0 Å². The molecule has 0 aromatic heterocycles. The minimum absolute atomic E-state index is 0.00521. The zero-order valence-corrected chi connectivity index (χ0v) is 9.52. The van der Waals surface area contributed by atoms with Gasteiger partial charge in [-0.3, -0.25) is 5.41 Å². The molecule has 0 atom stereocenters. The lowest BCUT2D eigenvalue weighted by atomic mass is 9.91. The van der Waals surface area contributed by atoms with Crippen LogP contribution < -0.4 is 5.73 Å². The van der Waals surface area contributed by atoms with Gasteiger partial charge in [-0.05, 0) is 33.1 Å². The molecule has 0 saturated heterocycles. The van der Waals surface area contributed by atoms with Crippen LogP contribution in [0.1, 0.15) is 41.0 Å². The van der Waals surface area contributed by atoms with E-state index in [0.717, 1.165) is 13.0 Å². The number of rotatable bonds is 4. The van der Waals surface area contributed by atoms with Gasteiger partial charge in [-0.2, -0.15) is 0 Å². The standard InChI is InChI=1S/C10H23N3/c1-6-13(9(11)12)10(4,5)7-8(2)3/h8H,6-7H2,1-5H3,(H3,11,12). The lowest BCUT2D eigenvalue weighted by Gasteiger charge is -2.39. The summed E-state index contributed by atoms with van der Waals surface area (Å²) in [5.74, 6) is 0.802. The third-order valence-corrected chi connectivity index (χ3v) is 2.25. The van der Waals surface area contributed by atoms with E-state index in [9.17, 15) is 0 Å². The van der Waals surface area contributed by atoms with Crippen molar-refractivity contribution in [1.82, 2.24) is 4.90 Å². The van der Waals surface area contributed by atoms with Crippen molar-refractivity contribution in [3.63, 3.8) is 0 Å². The van der Waals surface area contributed by atoms with Crippen molar-refractivity contribution in [2.75, 3.05) is 6.54 Å². The van der Waals surface area contributed by atoms with E-state index in [0.29, 0.717) is 5.92 Å². The second-order valence-corrected chi connectivity index (χ2v) is 4.54. The highest BCUT2D eigenvalue weighted by Crippen LogP contribution is 2.22. The van der Waals surface area contributed by atoms with Crippen LogP contribution in [0.4, 0.5) is 0 Å². The lowest BCUT2D eigenvalue weighted by molar-refractivity contribution is 0.184.